The summed E-state index contributed by atoms with van der Waals surface area (Å²) in [5.74, 6) is 0.0549. The van der Waals surface area contributed by atoms with Gasteiger partial charge in [-0.25, -0.2) is 4.79 Å². The summed E-state index contributed by atoms with van der Waals surface area (Å²) in [5.41, 5.74) is 0.789. The van der Waals surface area contributed by atoms with Crippen molar-refractivity contribution in [2.24, 2.45) is 5.92 Å². The lowest BCUT2D eigenvalue weighted by Gasteiger charge is -2.42. The smallest absolute Gasteiger partial charge is 0.407 e. The quantitative estimate of drug-likeness (QED) is 0.465. The lowest BCUT2D eigenvalue weighted by molar-refractivity contribution is -0.118. The highest BCUT2D eigenvalue weighted by atomic mass is 16.6. The maximum Gasteiger partial charge on any atom is 0.407 e. The number of rotatable bonds is 8. The first-order valence-corrected chi connectivity index (χ1v) is 11.9. The molecule has 0 aromatic heterocycles. The van der Waals surface area contributed by atoms with E-state index >= 15 is 0 Å². The van der Waals surface area contributed by atoms with Gasteiger partial charge in [-0.3, -0.25) is 0 Å². The van der Waals surface area contributed by atoms with Gasteiger partial charge in [0.25, 0.3) is 0 Å². The molecule has 2 unspecified atom stereocenters. The summed E-state index contributed by atoms with van der Waals surface area (Å²) in [4.78, 5) is 14.9. The third kappa shape index (κ3) is 4.80. The predicted molar refractivity (Wildman–Crippen MR) is 118 cm³/mol. The van der Waals surface area contributed by atoms with Gasteiger partial charge in [0.15, 0.2) is 0 Å². The molecule has 3 heterocycles. The second-order valence-electron chi connectivity index (χ2n) is 10.3. The second kappa shape index (κ2) is 9.00. The molecule has 1 saturated carbocycles. The summed E-state index contributed by atoms with van der Waals surface area (Å²) in [6.07, 6.45) is 7.44. The SMILES string of the molecule is CO[C@H]1[C@H](C2(C)O[C@@H]2CC=C(C)C)[C@]2(CC[C@H]1OC(=O)NCCC1CCCN1C)CO2. The fraction of sp³-hybridized carbons (Fsp3) is 0.875. The molecule has 1 N–H and O–H groups in total. The number of allylic oxidation sites excluding steroid dienone is 1. The van der Waals surface area contributed by atoms with Crippen LogP contribution in [-0.2, 0) is 18.9 Å². The predicted octanol–water partition coefficient (Wildman–Crippen LogP) is 3.27. The Morgan fingerprint density at radius 2 is 2.10 bits per heavy atom. The Morgan fingerprint density at radius 1 is 1.32 bits per heavy atom. The van der Waals surface area contributed by atoms with Crippen LogP contribution in [0.2, 0.25) is 0 Å². The summed E-state index contributed by atoms with van der Waals surface area (Å²) in [6.45, 7) is 8.90. The molecular weight excluding hydrogens is 396 g/mol. The lowest BCUT2D eigenvalue weighted by Crippen LogP contribution is -2.56. The van der Waals surface area contributed by atoms with Gasteiger partial charge in [0, 0.05) is 19.7 Å². The number of alkyl carbamates (subject to hydrolysis) is 1. The second-order valence-corrected chi connectivity index (χ2v) is 10.3. The summed E-state index contributed by atoms with van der Waals surface area (Å²) in [5, 5.41) is 2.96. The van der Waals surface area contributed by atoms with Crippen molar-refractivity contribution >= 4 is 6.09 Å². The van der Waals surface area contributed by atoms with Crippen molar-refractivity contribution in [3.05, 3.63) is 11.6 Å². The number of carbonyl (C=O) groups is 1. The van der Waals surface area contributed by atoms with Crippen molar-refractivity contribution in [3.63, 3.8) is 0 Å². The van der Waals surface area contributed by atoms with E-state index in [9.17, 15) is 4.79 Å². The van der Waals surface area contributed by atoms with Crippen molar-refractivity contribution in [2.45, 2.75) is 94.9 Å². The van der Waals surface area contributed by atoms with Crippen molar-refractivity contribution in [1.82, 2.24) is 10.2 Å². The number of likely N-dealkylation sites (tertiary alicyclic amines) is 1. The number of nitrogens with one attached hydrogen (secondary N) is 1. The Balaban J connectivity index is 1.34. The molecule has 7 atom stereocenters. The zero-order chi connectivity index (χ0) is 22.2. The maximum absolute atomic E-state index is 12.5. The first kappa shape index (κ1) is 23.0. The molecule has 1 amide bonds. The first-order chi connectivity index (χ1) is 14.8. The molecule has 7 heteroatoms. The van der Waals surface area contributed by atoms with E-state index in [1.54, 1.807) is 7.11 Å². The topological polar surface area (TPSA) is 75.9 Å². The Hall–Kier alpha value is -1.15. The molecule has 31 heavy (non-hydrogen) atoms. The van der Waals surface area contributed by atoms with Gasteiger partial charge in [0.1, 0.15) is 23.4 Å². The largest absolute Gasteiger partial charge is 0.443 e. The van der Waals surface area contributed by atoms with E-state index in [1.165, 1.54) is 18.4 Å². The Bertz CT molecular complexity index is 689. The molecule has 0 aromatic rings. The Labute approximate surface area is 186 Å². The number of amides is 1. The summed E-state index contributed by atoms with van der Waals surface area (Å²) in [6, 6.07) is 0.558. The van der Waals surface area contributed by atoms with Crippen LogP contribution in [0.3, 0.4) is 0 Å². The lowest BCUT2D eigenvalue weighted by atomic mass is 9.68. The number of hydrogen-bond acceptors (Lipinski definition) is 6. The number of carbonyl (C=O) groups excluding carboxylic acids is 1. The minimum atomic E-state index is -0.345. The van der Waals surface area contributed by atoms with E-state index in [1.807, 2.05) is 0 Å². The molecular formula is C24H40N2O5. The van der Waals surface area contributed by atoms with E-state index < -0.39 is 0 Å². The highest BCUT2D eigenvalue weighted by Gasteiger charge is 2.72. The molecule has 7 nitrogen and oxygen atoms in total. The Morgan fingerprint density at radius 3 is 2.71 bits per heavy atom. The Kier molecular flexibility index (Phi) is 6.69. The van der Waals surface area contributed by atoms with Gasteiger partial charge in [0.2, 0.25) is 0 Å². The molecule has 1 spiro atoms. The van der Waals surface area contributed by atoms with Gasteiger partial charge >= 0.3 is 6.09 Å². The van der Waals surface area contributed by atoms with Crippen molar-refractivity contribution in [3.8, 4) is 0 Å². The van der Waals surface area contributed by atoms with Gasteiger partial charge in [-0.1, -0.05) is 11.6 Å². The van der Waals surface area contributed by atoms with Crippen LogP contribution in [0.1, 0.15) is 59.3 Å². The highest BCUT2D eigenvalue weighted by Crippen LogP contribution is 2.59. The van der Waals surface area contributed by atoms with Crippen molar-refractivity contribution in [2.75, 3.05) is 33.9 Å². The van der Waals surface area contributed by atoms with E-state index in [0.29, 0.717) is 12.6 Å². The van der Waals surface area contributed by atoms with Gasteiger partial charge in [-0.15, -0.1) is 0 Å². The number of epoxide rings is 2. The zero-order valence-electron chi connectivity index (χ0n) is 19.8. The van der Waals surface area contributed by atoms with Crippen LogP contribution in [-0.4, -0.2) is 80.4 Å². The third-order valence-electron chi connectivity index (χ3n) is 7.91. The van der Waals surface area contributed by atoms with Crippen LogP contribution in [0, 0.1) is 5.92 Å². The number of ether oxygens (including phenoxy) is 4. The van der Waals surface area contributed by atoms with E-state index in [2.05, 4.69) is 44.1 Å². The summed E-state index contributed by atoms with van der Waals surface area (Å²) >= 11 is 0. The van der Waals surface area contributed by atoms with Crippen LogP contribution >= 0.6 is 0 Å². The minimum absolute atomic E-state index is 0.0549. The van der Waals surface area contributed by atoms with Crippen LogP contribution in [0.5, 0.6) is 0 Å². The van der Waals surface area contributed by atoms with Gasteiger partial charge in [-0.2, -0.15) is 0 Å². The third-order valence-corrected chi connectivity index (χ3v) is 7.91. The number of nitrogens with zero attached hydrogens (tertiary/aromatic N) is 1. The minimum Gasteiger partial charge on any atom is -0.443 e. The molecule has 3 aliphatic heterocycles. The van der Waals surface area contributed by atoms with Gasteiger partial charge in [0.05, 0.1) is 18.6 Å². The molecule has 1 aliphatic carbocycles. The number of hydrogen-bond donors (Lipinski definition) is 1. The van der Waals surface area contributed by atoms with Crippen molar-refractivity contribution < 1.29 is 23.7 Å². The summed E-state index contributed by atoms with van der Waals surface area (Å²) in [7, 11) is 3.86. The molecule has 3 saturated heterocycles. The van der Waals surface area contributed by atoms with Crippen LogP contribution in [0.15, 0.2) is 11.6 Å². The fourth-order valence-corrected chi connectivity index (χ4v) is 5.93. The van der Waals surface area contributed by atoms with E-state index in [0.717, 1.165) is 38.8 Å². The monoisotopic (exact) mass is 436 g/mol. The highest BCUT2D eigenvalue weighted by molar-refractivity contribution is 5.67. The molecule has 0 radical (unpaired) electrons. The van der Waals surface area contributed by atoms with Gasteiger partial charge < -0.3 is 29.2 Å². The first-order valence-electron chi connectivity index (χ1n) is 11.9. The fourth-order valence-electron chi connectivity index (χ4n) is 5.93. The molecule has 4 fully saturated rings. The average molecular weight is 437 g/mol. The van der Waals surface area contributed by atoms with E-state index in [4.69, 9.17) is 18.9 Å². The average Bonchev–Trinajstić information content (AvgIpc) is 3.59. The van der Waals surface area contributed by atoms with Crippen LogP contribution < -0.4 is 5.32 Å². The zero-order valence-corrected chi connectivity index (χ0v) is 19.8. The van der Waals surface area contributed by atoms with E-state index in [-0.39, 0.29) is 41.5 Å². The molecule has 4 aliphatic rings. The van der Waals surface area contributed by atoms with Gasteiger partial charge in [-0.05, 0) is 72.9 Å². The standard InChI is InChI=1S/C24H40N2O5/c1-16(2)8-9-19-23(3,31-19)21-20(28-5)18(10-12-24(21)15-29-24)30-22(27)25-13-11-17-7-6-14-26(17)4/h8,17-21H,6-7,9-15H2,1-5H3,(H,25,27)/t17?,18-,19-,20-,21-,23?,24+/m1/s1. The van der Waals surface area contributed by atoms with Crippen LogP contribution in [0.25, 0.3) is 0 Å². The molecule has 0 aromatic carbocycles. The molecule has 0 bridgehead atoms. The molecule has 4 rings (SSSR count). The normalized spacial score (nSPS) is 41.8. The molecule has 176 valence electrons. The van der Waals surface area contributed by atoms with Crippen LogP contribution in [0.4, 0.5) is 4.79 Å². The number of methoxy groups -OCH3 is 1. The maximum atomic E-state index is 12.5. The van der Waals surface area contributed by atoms with Crippen molar-refractivity contribution in [1.29, 1.82) is 0 Å². The summed E-state index contributed by atoms with van der Waals surface area (Å²) < 4.78 is 24.0.